The van der Waals surface area contributed by atoms with Crippen molar-refractivity contribution >= 4 is 15.5 Å². The van der Waals surface area contributed by atoms with Crippen LogP contribution in [0.3, 0.4) is 0 Å². The highest BCUT2D eigenvalue weighted by Crippen LogP contribution is 1.98. The third-order valence-electron chi connectivity index (χ3n) is 1.85. The molecule has 0 rings (SSSR count). The number of guanidine groups is 1. The summed E-state index contributed by atoms with van der Waals surface area (Å²) < 4.78 is 10.9. The van der Waals surface area contributed by atoms with Crippen LogP contribution < -0.4 is 11.1 Å². The summed E-state index contributed by atoms with van der Waals surface area (Å²) in [7, 11) is 2.35. The van der Waals surface area contributed by atoms with E-state index < -0.39 is 0 Å². The molecule has 0 fully saturated rings. The Morgan fingerprint density at radius 3 is 2.50 bits per heavy atom. The molecule has 2 radical (unpaired) electrons. The maximum atomic E-state index is 5.50. The van der Waals surface area contributed by atoms with E-state index in [9.17, 15) is 0 Å². The molecule has 94 valence electrons. The quantitative estimate of drug-likeness (QED) is 0.203. The second-order valence-electron chi connectivity index (χ2n) is 3.09. The Morgan fingerprint density at radius 2 is 2.00 bits per heavy atom. The number of rotatable bonds is 9. The largest absolute Gasteiger partial charge is 0.370 e. The van der Waals surface area contributed by atoms with Gasteiger partial charge >= 0.3 is 0 Å². The van der Waals surface area contributed by atoms with E-state index >= 15 is 0 Å². The summed E-state index contributed by atoms with van der Waals surface area (Å²) >= 11 is 0. The average Bonchev–Trinajstić information content (AvgIpc) is 2.28. The van der Waals surface area contributed by atoms with Crippen LogP contribution in [0.1, 0.15) is 20.3 Å². The minimum atomic E-state index is -0.0350. The van der Waals surface area contributed by atoms with E-state index in [2.05, 4.69) is 10.3 Å². The third-order valence-corrected chi connectivity index (χ3v) is 3.16. The Labute approximate surface area is 101 Å². The molecule has 0 aliphatic heterocycles. The number of hydrogen-bond acceptors (Lipinski definition) is 3. The van der Waals surface area contributed by atoms with Gasteiger partial charge in [-0.25, -0.2) is 0 Å². The zero-order valence-electron chi connectivity index (χ0n) is 10.5. The molecule has 0 aromatic carbocycles. The van der Waals surface area contributed by atoms with Crippen LogP contribution in [0, 0.1) is 0 Å². The lowest BCUT2D eigenvalue weighted by Gasteiger charge is -2.15. The third kappa shape index (κ3) is 8.69. The molecule has 0 amide bonds. The smallest absolute Gasteiger partial charge is 0.188 e. The number of nitrogens with one attached hydrogen (secondary N) is 1. The maximum absolute atomic E-state index is 5.50. The lowest BCUT2D eigenvalue weighted by molar-refractivity contribution is -0.0827. The minimum Gasteiger partial charge on any atom is -0.370 e. The summed E-state index contributed by atoms with van der Waals surface area (Å²) in [5.41, 5.74) is 5.50. The van der Waals surface area contributed by atoms with Gasteiger partial charge in [-0.2, -0.15) is 0 Å². The van der Waals surface area contributed by atoms with Gasteiger partial charge in [0.15, 0.2) is 5.96 Å². The fraction of sp³-hybridized carbons (Fsp3) is 0.900. The Bertz CT molecular complexity index is 185. The molecule has 6 heteroatoms. The number of nitrogens with zero attached hydrogens (tertiary/aromatic N) is 1. The lowest BCUT2D eigenvalue weighted by atomic mass is 10.5. The Kier molecular flexibility index (Phi) is 10.5. The van der Waals surface area contributed by atoms with Crippen LogP contribution >= 0.6 is 0 Å². The number of aliphatic imine (C=N–C) groups is 1. The molecule has 0 aliphatic carbocycles. The molecule has 0 heterocycles. The van der Waals surface area contributed by atoms with Gasteiger partial charge in [0.25, 0.3) is 0 Å². The van der Waals surface area contributed by atoms with Crippen molar-refractivity contribution in [2.24, 2.45) is 10.7 Å². The molecule has 0 aromatic heterocycles. The monoisotopic (exact) mass is 245 g/mol. The van der Waals surface area contributed by atoms with Crippen molar-refractivity contribution in [3.05, 3.63) is 0 Å². The average molecular weight is 245 g/mol. The van der Waals surface area contributed by atoms with Crippen molar-refractivity contribution in [2.75, 3.05) is 26.8 Å². The van der Waals surface area contributed by atoms with Crippen LogP contribution in [0.25, 0.3) is 0 Å². The van der Waals surface area contributed by atoms with E-state index in [0.29, 0.717) is 28.7 Å². The predicted molar refractivity (Wildman–Crippen MR) is 67.8 cm³/mol. The SMILES string of the molecule is CCOC(OCC)[Si]CCCNC(N)=NC. The Hall–Kier alpha value is -0.593. The predicted octanol–water partition coefficient (Wildman–Crippen LogP) is 0.390. The van der Waals surface area contributed by atoms with Gasteiger partial charge in [-0.15, -0.1) is 0 Å². The van der Waals surface area contributed by atoms with Gasteiger partial charge in [-0.1, -0.05) is 6.04 Å². The maximum Gasteiger partial charge on any atom is 0.188 e. The van der Waals surface area contributed by atoms with Crippen LogP contribution in [-0.2, 0) is 9.47 Å². The second kappa shape index (κ2) is 10.9. The first-order chi connectivity index (χ1) is 7.74. The highest BCUT2D eigenvalue weighted by Gasteiger charge is 2.07. The van der Waals surface area contributed by atoms with Crippen molar-refractivity contribution < 1.29 is 9.47 Å². The van der Waals surface area contributed by atoms with E-state index in [1.165, 1.54) is 0 Å². The van der Waals surface area contributed by atoms with Gasteiger partial charge < -0.3 is 20.5 Å². The number of nitrogens with two attached hydrogens (primary N) is 1. The normalized spacial score (nSPS) is 12.1. The van der Waals surface area contributed by atoms with Gasteiger partial charge in [0.1, 0.15) is 15.4 Å². The molecule has 0 saturated heterocycles. The van der Waals surface area contributed by atoms with Gasteiger partial charge in [0.2, 0.25) is 0 Å². The zero-order valence-corrected chi connectivity index (χ0v) is 11.5. The summed E-state index contributed by atoms with van der Waals surface area (Å²) in [6.07, 6.45) is 1.05. The molecule has 5 nitrogen and oxygen atoms in total. The van der Waals surface area contributed by atoms with Gasteiger partial charge in [-0.05, 0) is 20.3 Å². The van der Waals surface area contributed by atoms with Crippen LogP contribution in [-0.4, -0.2) is 48.2 Å². The standard InChI is InChI=1S/C10H23N3O2Si/c1-4-14-10(15-5-2)16-8-6-7-13-9(11)12-3/h10H,4-8H2,1-3H3,(H3,11,12,13). The summed E-state index contributed by atoms with van der Waals surface area (Å²) in [4.78, 5) is 3.82. The minimum absolute atomic E-state index is 0.0350. The van der Waals surface area contributed by atoms with Crippen LogP contribution in [0.2, 0.25) is 6.04 Å². The van der Waals surface area contributed by atoms with Crippen molar-refractivity contribution in [3.63, 3.8) is 0 Å². The van der Waals surface area contributed by atoms with Crippen LogP contribution in [0.4, 0.5) is 0 Å². The molecule has 0 unspecified atom stereocenters. The van der Waals surface area contributed by atoms with E-state index in [4.69, 9.17) is 15.2 Å². The molecule has 16 heavy (non-hydrogen) atoms. The van der Waals surface area contributed by atoms with Crippen LogP contribution in [0.5, 0.6) is 0 Å². The van der Waals surface area contributed by atoms with E-state index in [-0.39, 0.29) is 5.91 Å². The van der Waals surface area contributed by atoms with Crippen molar-refractivity contribution in [3.8, 4) is 0 Å². The zero-order chi connectivity index (χ0) is 12.2. The molecule has 0 saturated carbocycles. The first-order valence-electron chi connectivity index (χ1n) is 5.67. The molecule has 0 spiro atoms. The Morgan fingerprint density at radius 1 is 1.38 bits per heavy atom. The summed E-state index contributed by atoms with van der Waals surface area (Å²) in [5, 5.41) is 3.02. The van der Waals surface area contributed by atoms with E-state index in [0.717, 1.165) is 19.0 Å². The summed E-state index contributed by atoms with van der Waals surface area (Å²) in [5.74, 6) is 0.460. The molecule has 0 atom stereocenters. The highest BCUT2D eigenvalue weighted by molar-refractivity contribution is 6.36. The summed E-state index contributed by atoms with van der Waals surface area (Å²) in [6.45, 7) is 6.21. The fourth-order valence-corrected chi connectivity index (χ4v) is 2.26. The molecule has 3 N–H and O–H groups in total. The van der Waals surface area contributed by atoms with E-state index in [1.807, 2.05) is 13.8 Å². The van der Waals surface area contributed by atoms with Crippen LogP contribution in [0.15, 0.2) is 4.99 Å². The highest BCUT2D eigenvalue weighted by atomic mass is 28.2. The van der Waals surface area contributed by atoms with Gasteiger partial charge in [0, 0.05) is 26.8 Å². The van der Waals surface area contributed by atoms with Crippen molar-refractivity contribution in [1.29, 1.82) is 0 Å². The molecule has 0 bridgehead atoms. The van der Waals surface area contributed by atoms with Crippen molar-refractivity contribution in [2.45, 2.75) is 32.2 Å². The molecular formula is C10H23N3O2Si. The van der Waals surface area contributed by atoms with Gasteiger partial charge in [-0.3, -0.25) is 4.99 Å². The van der Waals surface area contributed by atoms with Crippen molar-refractivity contribution in [1.82, 2.24) is 5.32 Å². The summed E-state index contributed by atoms with van der Waals surface area (Å²) in [6, 6.07) is 1.08. The fourth-order valence-electron chi connectivity index (χ4n) is 1.07. The molecule has 0 aromatic rings. The lowest BCUT2D eigenvalue weighted by Crippen LogP contribution is -2.32. The van der Waals surface area contributed by atoms with E-state index in [1.54, 1.807) is 7.05 Å². The first-order valence-corrected chi connectivity index (χ1v) is 6.95. The first kappa shape index (κ1) is 15.4. The Balaban J connectivity index is 3.46. The molecular weight excluding hydrogens is 222 g/mol. The van der Waals surface area contributed by atoms with Gasteiger partial charge in [0.05, 0.1) is 0 Å². The second-order valence-corrected chi connectivity index (χ2v) is 4.47. The molecule has 0 aliphatic rings. The number of ether oxygens (including phenoxy) is 2. The topological polar surface area (TPSA) is 68.9 Å². The number of hydrogen-bond donors (Lipinski definition) is 2.